The lowest BCUT2D eigenvalue weighted by atomic mass is 9.77. The van der Waals surface area contributed by atoms with Crippen LogP contribution < -0.4 is 5.73 Å². The highest BCUT2D eigenvalue weighted by Crippen LogP contribution is 2.38. The van der Waals surface area contributed by atoms with E-state index in [2.05, 4.69) is 62.0 Å². The van der Waals surface area contributed by atoms with Gasteiger partial charge in [-0.1, -0.05) is 38.1 Å². The van der Waals surface area contributed by atoms with Crippen molar-refractivity contribution >= 4 is 0 Å². The normalized spacial score (nSPS) is 25.4. The number of likely N-dealkylation sites (N-methyl/N-ethyl adjacent to an activating group) is 1. The molecule has 0 saturated heterocycles. The Balaban J connectivity index is 2.09. The minimum absolute atomic E-state index is 0.150. The molecule has 2 N–H and O–H groups in total. The Hall–Kier alpha value is -0.900. The SMILES string of the molecule is CCN(CCCN(C)C)C1CC(C)c2ccccc2C1N. The van der Waals surface area contributed by atoms with E-state index in [1.165, 1.54) is 24.0 Å². The molecule has 3 unspecified atom stereocenters. The summed E-state index contributed by atoms with van der Waals surface area (Å²) in [5.74, 6) is 0.605. The molecular weight excluding hydrogens is 258 g/mol. The number of hydrogen-bond donors (Lipinski definition) is 1. The maximum atomic E-state index is 6.61. The molecule has 21 heavy (non-hydrogen) atoms. The third kappa shape index (κ3) is 3.85. The minimum atomic E-state index is 0.150. The molecule has 1 aliphatic carbocycles. The molecule has 1 aliphatic rings. The van der Waals surface area contributed by atoms with Crippen LogP contribution in [0.1, 0.15) is 49.8 Å². The van der Waals surface area contributed by atoms with E-state index in [1.54, 1.807) is 0 Å². The van der Waals surface area contributed by atoms with Gasteiger partial charge in [-0.2, -0.15) is 0 Å². The van der Waals surface area contributed by atoms with Gasteiger partial charge >= 0.3 is 0 Å². The van der Waals surface area contributed by atoms with Crippen molar-refractivity contribution in [3.05, 3.63) is 35.4 Å². The highest BCUT2D eigenvalue weighted by atomic mass is 15.2. The third-order valence-electron chi connectivity index (χ3n) is 4.82. The van der Waals surface area contributed by atoms with Crippen molar-refractivity contribution in [1.82, 2.24) is 9.80 Å². The van der Waals surface area contributed by atoms with Gasteiger partial charge in [0.2, 0.25) is 0 Å². The van der Waals surface area contributed by atoms with Crippen molar-refractivity contribution in [2.24, 2.45) is 5.73 Å². The van der Waals surface area contributed by atoms with E-state index in [0.717, 1.165) is 19.6 Å². The summed E-state index contributed by atoms with van der Waals surface area (Å²) in [7, 11) is 4.28. The van der Waals surface area contributed by atoms with Crippen LogP contribution in [0.25, 0.3) is 0 Å². The van der Waals surface area contributed by atoms with Crippen LogP contribution >= 0.6 is 0 Å². The molecule has 0 radical (unpaired) electrons. The van der Waals surface area contributed by atoms with Crippen molar-refractivity contribution in [3.63, 3.8) is 0 Å². The molecule has 3 nitrogen and oxygen atoms in total. The van der Waals surface area contributed by atoms with Crippen LogP contribution in [0.15, 0.2) is 24.3 Å². The number of hydrogen-bond acceptors (Lipinski definition) is 3. The van der Waals surface area contributed by atoms with E-state index in [9.17, 15) is 0 Å². The van der Waals surface area contributed by atoms with Crippen molar-refractivity contribution in [1.29, 1.82) is 0 Å². The molecule has 1 aromatic carbocycles. The second-order valence-electron chi connectivity index (χ2n) is 6.64. The molecule has 3 atom stereocenters. The summed E-state index contributed by atoms with van der Waals surface area (Å²) in [6.45, 7) is 7.96. The summed E-state index contributed by atoms with van der Waals surface area (Å²) in [6, 6.07) is 9.35. The summed E-state index contributed by atoms with van der Waals surface area (Å²) in [5.41, 5.74) is 9.41. The largest absolute Gasteiger partial charge is 0.323 e. The van der Waals surface area contributed by atoms with Crippen molar-refractivity contribution in [2.45, 2.75) is 44.7 Å². The maximum absolute atomic E-state index is 6.61. The average molecular weight is 289 g/mol. The number of nitrogens with zero attached hydrogens (tertiary/aromatic N) is 2. The van der Waals surface area contributed by atoms with Crippen LogP contribution in [-0.4, -0.2) is 49.6 Å². The first-order valence-corrected chi connectivity index (χ1v) is 8.27. The highest BCUT2D eigenvalue weighted by Gasteiger charge is 2.33. The third-order valence-corrected chi connectivity index (χ3v) is 4.82. The van der Waals surface area contributed by atoms with Gasteiger partial charge in [-0.15, -0.1) is 0 Å². The van der Waals surface area contributed by atoms with Crippen LogP contribution in [0.4, 0.5) is 0 Å². The lowest BCUT2D eigenvalue weighted by Crippen LogP contribution is -2.46. The van der Waals surface area contributed by atoms with Crippen molar-refractivity contribution in [2.75, 3.05) is 33.7 Å². The quantitative estimate of drug-likeness (QED) is 0.874. The van der Waals surface area contributed by atoms with Gasteiger partial charge in [-0.05, 0) is 63.6 Å². The Morgan fingerprint density at radius 3 is 2.43 bits per heavy atom. The standard InChI is InChI=1S/C18H31N3/c1-5-21(12-8-11-20(3)4)17-13-14(2)15-9-6-7-10-16(15)18(17)19/h6-7,9-10,14,17-18H,5,8,11-13,19H2,1-4H3. The first-order valence-electron chi connectivity index (χ1n) is 8.27. The summed E-state index contributed by atoms with van der Waals surface area (Å²) < 4.78 is 0. The fourth-order valence-corrected chi connectivity index (χ4v) is 3.63. The maximum Gasteiger partial charge on any atom is 0.0456 e. The van der Waals surface area contributed by atoms with E-state index < -0.39 is 0 Å². The fraction of sp³-hybridized carbons (Fsp3) is 0.667. The Morgan fingerprint density at radius 1 is 1.14 bits per heavy atom. The Morgan fingerprint density at radius 2 is 1.81 bits per heavy atom. The van der Waals surface area contributed by atoms with Crippen LogP contribution in [0.3, 0.4) is 0 Å². The first-order chi connectivity index (χ1) is 10.0. The molecule has 0 aliphatic heterocycles. The zero-order valence-corrected chi connectivity index (χ0v) is 14.0. The van der Waals surface area contributed by atoms with Gasteiger partial charge in [-0.3, -0.25) is 4.90 Å². The molecule has 2 rings (SSSR count). The first kappa shape index (κ1) is 16.5. The summed E-state index contributed by atoms with van der Waals surface area (Å²) in [6.07, 6.45) is 2.38. The number of rotatable bonds is 6. The minimum Gasteiger partial charge on any atom is -0.323 e. The summed E-state index contributed by atoms with van der Waals surface area (Å²) in [5, 5.41) is 0. The molecule has 1 aromatic rings. The molecule has 0 aromatic heterocycles. The zero-order chi connectivity index (χ0) is 15.4. The van der Waals surface area contributed by atoms with Crippen molar-refractivity contribution in [3.8, 4) is 0 Å². The number of nitrogens with two attached hydrogens (primary N) is 1. The van der Waals surface area contributed by atoms with Gasteiger partial charge in [0.05, 0.1) is 0 Å². The van der Waals surface area contributed by atoms with Gasteiger partial charge in [-0.25, -0.2) is 0 Å². The topological polar surface area (TPSA) is 32.5 Å². The molecule has 0 bridgehead atoms. The average Bonchev–Trinajstić information content (AvgIpc) is 2.47. The number of fused-ring (bicyclic) bond motifs is 1. The van der Waals surface area contributed by atoms with E-state index in [-0.39, 0.29) is 6.04 Å². The fourth-order valence-electron chi connectivity index (χ4n) is 3.63. The van der Waals surface area contributed by atoms with Gasteiger partial charge < -0.3 is 10.6 Å². The van der Waals surface area contributed by atoms with Gasteiger partial charge in [0.25, 0.3) is 0 Å². The lowest BCUT2D eigenvalue weighted by molar-refractivity contribution is 0.149. The monoisotopic (exact) mass is 289 g/mol. The number of benzene rings is 1. The van der Waals surface area contributed by atoms with Crippen LogP contribution in [0.2, 0.25) is 0 Å². The van der Waals surface area contributed by atoms with E-state index in [4.69, 9.17) is 5.73 Å². The predicted octanol–water partition coefficient (Wildman–Crippen LogP) is 2.84. The molecular formula is C18H31N3. The predicted molar refractivity (Wildman–Crippen MR) is 90.6 cm³/mol. The van der Waals surface area contributed by atoms with Crippen LogP contribution in [-0.2, 0) is 0 Å². The van der Waals surface area contributed by atoms with E-state index in [1.807, 2.05) is 0 Å². The Kier molecular flexibility index (Phi) is 5.80. The summed E-state index contributed by atoms with van der Waals surface area (Å²) in [4.78, 5) is 4.84. The molecule has 0 fully saturated rings. The smallest absolute Gasteiger partial charge is 0.0456 e. The second kappa shape index (κ2) is 7.39. The molecule has 0 saturated carbocycles. The van der Waals surface area contributed by atoms with Gasteiger partial charge in [0.1, 0.15) is 0 Å². The van der Waals surface area contributed by atoms with Crippen molar-refractivity contribution < 1.29 is 0 Å². The highest BCUT2D eigenvalue weighted by molar-refractivity contribution is 5.36. The lowest BCUT2D eigenvalue weighted by Gasteiger charge is -2.41. The zero-order valence-electron chi connectivity index (χ0n) is 14.0. The van der Waals surface area contributed by atoms with Gasteiger partial charge in [0.15, 0.2) is 0 Å². The molecule has 3 heteroatoms. The van der Waals surface area contributed by atoms with Gasteiger partial charge in [0, 0.05) is 12.1 Å². The van der Waals surface area contributed by atoms with E-state index >= 15 is 0 Å². The Labute approximate surface area is 130 Å². The van der Waals surface area contributed by atoms with Crippen LogP contribution in [0.5, 0.6) is 0 Å². The molecule has 118 valence electrons. The Bertz CT molecular complexity index is 444. The second-order valence-corrected chi connectivity index (χ2v) is 6.64. The van der Waals surface area contributed by atoms with E-state index in [0.29, 0.717) is 12.0 Å². The molecule has 0 amide bonds. The summed E-state index contributed by atoms with van der Waals surface area (Å²) >= 11 is 0. The molecule has 0 spiro atoms. The molecule has 0 heterocycles. The van der Waals surface area contributed by atoms with Crippen LogP contribution in [0, 0.1) is 0 Å².